The summed E-state index contributed by atoms with van der Waals surface area (Å²) in [6.45, 7) is 0.293. The van der Waals surface area contributed by atoms with Crippen LogP contribution >= 0.6 is 15.9 Å². The highest BCUT2D eigenvalue weighted by Gasteiger charge is 2.15. The molecule has 0 saturated carbocycles. The van der Waals surface area contributed by atoms with Gasteiger partial charge in [-0.25, -0.2) is 13.1 Å². The predicted octanol–water partition coefficient (Wildman–Crippen LogP) is 3.53. The first-order valence-corrected chi connectivity index (χ1v) is 9.95. The number of nitrogens with one attached hydrogen (secondary N) is 1. The van der Waals surface area contributed by atoms with Gasteiger partial charge in [-0.2, -0.15) is 0 Å². The van der Waals surface area contributed by atoms with Crippen molar-refractivity contribution in [2.75, 3.05) is 13.7 Å². The van der Waals surface area contributed by atoms with Crippen LogP contribution in [0.1, 0.15) is 5.56 Å². The Morgan fingerprint density at radius 1 is 1.16 bits per heavy atom. The molecule has 0 bridgehead atoms. The molecule has 1 heterocycles. The van der Waals surface area contributed by atoms with Crippen LogP contribution in [-0.2, 0) is 16.4 Å². The van der Waals surface area contributed by atoms with E-state index in [1.807, 2.05) is 30.3 Å². The number of pyridine rings is 1. The quantitative estimate of drug-likeness (QED) is 0.662. The van der Waals surface area contributed by atoms with E-state index in [2.05, 4.69) is 25.6 Å². The van der Waals surface area contributed by atoms with E-state index in [9.17, 15) is 8.42 Å². The molecular formula is C18H17BrN2O3S. The normalized spacial score (nSPS) is 11.6. The minimum Gasteiger partial charge on any atom is -0.496 e. The van der Waals surface area contributed by atoms with E-state index < -0.39 is 10.0 Å². The van der Waals surface area contributed by atoms with Gasteiger partial charge in [0.2, 0.25) is 10.0 Å². The van der Waals surface area contributed by atoms with Crippen molar-refractivity contribution in [3.8, 4) is 5.75 Å². The second kappa shape index (κ2) is 7.51. The predicted molar refractivity (Wildman–Crippen MR) is 101 cm³/mol. The number of hydrogen-bond acceptors (Lipinski definition) is 4. The number of halogens is 1. The highest BCUT2D eigenvalue weighted by Crippen LogP contribution is 2.27. The lowest BCUT2D eigenvalue weighted by molar-refractivity contribution is 0.411. The molecular weight excluding hydrogens is 404 g/mol. The van der Waals surface area contributed by atoms with Gasteiger partial charge in [-0.05, 0) is 52.2 Å². The highest BCUT2D eigenvalue weighted by molar-refractivity contribution is 9.10. The molecule has 0 fully saturated rings. The lowest BCUT2D eigenvalue weighted by Gasteiger charge is -2.10. The molecule has 25 heavy (non-hydrogen) atoms. The number of para-hydroxylation sites is 1. The Labute approximate surface area is 155 Å². The Balaban J connectivity index is 1.73. The number of ether oxygens (including phenoxy) is 1. The van der Waals surface area contributed by atoms with Crippen LogP contribution in [0.3, 0.4) is 0 Å². The van der Waals surface area contributed by atoms with Crippen molar-refractivity contribution in [1.29, 1.82) is 0 Å². The Bertz CT molecular complexity index is 1000. The molecule has 0 atom stereocenters. The second-order valence-corrected chi connectivity index (χ2v) is 8.06. The molecule has 130 valence electrons. The summed E-state index contributed by atoms with van der Waals surface area (Å²) in [6, 6.07) is 14.5. The van der Waals surface area contributed by atoms with Gasteiger partial charge < -0.3 is 4.74 Å². The number of nitrogens with zero attached hydrogens (tertiary/aromatic N) is 1. The van der Waals surface area contributed by atoms with Gasteiger partial charge in [0, 0.05) is 18.1 Å². The first kappa shape index (κ1) is 17.8. The minimum absolute atomic E-state index is 0.191. The van der Waals surface area contributed by atoms with Crippen LogP contribution in [0.15, 0.2) is 64.1 Å². The Morgan fingerprint density at radius 2 is 1.96 bits per heavy atom. The Kier molecular flexibility index (Phi) is 5.36. The average Bonchev–Trinajstić information content (AvgIpc) is 2.61. The smallest absolute Gasteiger partial charge is 0.240 e. The summed E-state index contributed by atoms with van der Waals surface area (Å²) < 4.78 is 33.3. The lowest BCUT2D eigenvalue weighted by Crippen LogP contribution is -2.26. The van der Waals surface area contributed by atoms with Crippen molar-refractivity contribution in [3.05, 3.63) is 64.8 Å². The standard InChI is InChI=1S/C18H17BrN2O3S/c1-24-17-8-7-15(12-16(17)19)25(22,23)21-11-9-14-5-2-4-13-6-3-10-20-18(13)14/h2-8,10,12,21H,9,11H2,1H3. The zero-order valence-corrected chi connectivity index (χ0v) is 16.0. The van der Waals surface area contributed by atoms with E-state index in [1.54, 1.807) is 12.3 Å². The maximum absolute atomic E-state index is 12.4. The molecule has 1 aromatic heterocycles. The fourth-order valence-electron chi connectivity index (χ4n) is 2.59. The fourth-order valence-corrected chi connectivity index (χ4v) is 4.34. The van der Waals surface area contributed by atoms with Crippen LogP contribution in [0, 0.1) is 0 Å². The third kappa shape index (κ3) is 4.00. The van der Waals surface area contributed by atoms with Crippen LogP contribution in [0.4, 0.5) is 0 Å². The van der Waals surface area contributed by atoms with Crippen molar-refractivity contribution < 1.29 is 13.2 Å². The maximum Gasteiger partial charge on any atom is 0.240 e. The van der Waals surface area contributed by atoms with Crippen LogP contribution in [0.5, 0.6) is 5.75 Å². The summed E-state index contributed by atoms with van der Waals surface area (Å²) >= 11 is 3.31. The number of rotatable bonds is 6. The van der Waals surface area contributed by atoms with Crippen LogP contribution < -0.4 is 9.46 Å². The van der Waals surface area contributed by atoms with E-state index in [4.69, 9.17) is 4.74 Å². The molecule has 0 radical (unpaired) electrons. The third-order valence-electron chi connectivity index (χ3n) is 3.84. The van der Waals surface area contributed by atoms with Crippen molar-refractivity contribution in [2.45, 2.75) is 11.3 Å². The first-order valence-electron chi connectivity index (χ1n) is 7.67. The average molecular weight is 421 g/mol. The molecule has 3 aromatic rings. The summed E-state index contributed by atoms with van der Waals surface area (Å²) in [5.74, 6) is 0.584. The summed E-state index contributed by atoms with van der Waals surface area (Å²) in [5.41, 5.74) is 1.91. The molecule has 0 saturated heterocycles. The summed E-state index contributed by atoms with van der Waals surface area (Å²) in [4.78, 5) is 4.58. The van der Waals surface area contributed by atoms with Gasteiger partial charge in [0.15, 0.2) is 0 Å². The highest BCUT2D eigenvalue weighted by atomic mass is 79.9. The number of fused-ring (bicyclic) bond motifs is 1. The van der Waals surface area contributed by atoms with Crippen LogP contribution in [-0.4, -0.2) is 27.1 Å². The zero-order chi connectivity index (χ0) is 17.9. The van der Waals surface area contributed by atoms with Crippen molar-refractivity contribution in [3.63, 3.8) is 0 Å². The van der Waals surface area contributed by atoms with E-state index >= 15 is 0 Å². The van der Waals surface area contributed by atoms with E-state index in [1.165, 1.54) is 19.2 Å². The van der Waals surface area contributed by atoms with Gasteiger partial charge >= 0.3 is 0 Å². The van der Waals surface area contributed by atoms with Crippen molar-refractivity contribution in [1.82, 2.24) is 9.71 Å². The van der Waals surface area contributed by atoms with E-state index in [0.717, 1.165) is 16.5 Å². The summed E-state index contributed by atoms with van der Waals surface area (Å²) in [5, 5.41) is 1.04. The van der Waals surface area contributed by atoms with E-state index in [-0.39, 0.29) is 4.90 Å². The summed E-state index contributed by atoms with van der Waals surface area (Å²) in [6.07, 6.45) is 2.30. The number of methoxy groups -OCH3 is 1. The topological polar surface area (TPSA) is 68.3 Å². The van der Waals surface area contributed by atoms with Crippen molar-refractivity contribution in [2.24, 2.45) is 0 Å². The number of aromatic nitrogens is 1. The number of sulfonamides is 1. The Hall–Kier alpha value is -1.96. The molecule has 0 unspecified atom stereocenters. The van der Waals surface area contributed by atoms with Gasteiger partial charge in [0.1, 0.15) is 5.75 Å². The molecule has 0 spiro atoms. The molecule has 0 amide bonds. The van der Waals surface area contributed by atoms with Crippen LogP contribution in [0.2, 0.25) is 0 Å². The van der Waals surface area contributed by atoms with E-state index in [0.29, 0.717) is 23.2 Å². The van der Waals surface area contributed by atoms with Gasteiger partial charge in [-0.1, -0.05) is 24.3 Å². The monoisotopic (exact) mass is 420 g/mol. The minimum atomic E-state index is -3.59. The second-order valence-electron chi connectivity index (χ2n) is 5.44. The molecule has 0 aliphatic heterocycles. The third-order valence-corrected chi connectivity index (χ3v) is 5.91. The molecule has 5 nitrogen and oxygen atoms in total. The van der Waals surface area contributed by atoms with Gasteiger partial charge in [-0.3, -0.25) is 4.98 Å². The summed E-state index contributed by atoms with van der Waals surface area (Å²) in [7, 11) is -2.05. The number of hydrogen-bond donors (Lipinski definition) is 1. The van der Waals surface area contributed by atoms with Gasteiger partial charge in [0.05, 0.1) is 22.0 Å². The van der Waals surface area contributed by atoms with Gasteiger partial charge in [0.25, 0.3) is 0 Å². The molecule has 7 heteroatoms. The zero-order valence-electron chi connectivity index (χ0n) is 13.6. The molecule has 0 aliphatic carbocycles. The Morgan fingerprint density at radius 3 is 2.72 bits per heavy atom. The molecule has 1 N–H and O–H groups in total. The largest absolute Gasteiger partial charge is 0.496 e. The van der Waals surface area contributed by atoms with Crippen LogP contribution in [0.25, 0.3) is 10.9 Å². The number of benzene rings is 2. The van der Waals surface area contributed by atoms with Gasteiger partial charge in [-0.15, -0.1) is 0 Å². The molecule has 2 aromatic carbocycles. The lowest BCUT2D eigenvalue weighted by atomic mass is 10.1. The van der Waals surface area contributed by atoms with Crippen molar-refractivity contribution >= 4 is 36.9 Å². The molecule has 0 aliphatic rings. The maximum atomic E-state index is 12.4. The SMILES string of the molecule is COc1ccc(S(=O)(=O)NCCc2cccc3cccnc23)cc1Br. The molecule has 3 rings (SSSR count). The first-order chi connectivity index (χ1) is 12.0. The fraction of sp³-hybridized carbons (Fsp3) is 0.167.